The van der Waals surface area contributed by atoms with Crippen molar-refractivity contribution < 1.29 is 14.3 Å². The minimum absolute atomic E-state index is 0.242. The Bertz CT molecular complexity index is 801. The van der Waals surface area contributed by atoms with Crippen LogP contribution in [-0.2, 0) is 4.74 Å². The Labute approximate surface area is 146 Å². The summed E-state index contributed by atoms with van der Waals surface area (Å²) in [4.78, 5) is 24.7. The number of rotatable bonds is 3. The highest BCUT2D eigenvalue weighted by Gasteiger charge is 2.21. The molecule has 0 spiro atoms. The monoisotopic (exact) mass is 348 g/mol. The van der Waals surface area contributed by atoms with Crippen LogP contribution in [0.25, 0.3) is 10.1 Å². The Hall–Kier alpha value is -2.08. The summed E-state index contributed by atoms with van der Waals surface area (Å²) in [6, 6.07) is 3.71. The molecule has 0 bridgehead atoms. The van der Waals surface area contributed by atoms with Crippen LogP contribution in [0.5, 0.6) is 0 Å². The highest BCUT2D eigenvalue weighted by atomic mass is 32.1. The van der Waals surface area contributed by atoms with Gasteiger partial charge in [0.25, 0.3) is 0 Å². The molecule has 3 N–H and O–H groups in total. The molecule has 6 heteroatoms. The lowest BCUT2D eigenvalue weighted by atomic mass is 9.98. The van der Waals surface area contributed by atoms with Gasteiger partial charge in [-0.25, -0.2) is 4.79 Å². The number of anilines is 1. The number of benzene rings is 1. The van der Waals surface area contributed by atoms with E-state index in [0.717, 1.165) is 20.5 Å². The normalized spacial score (nSPS) is 11.8. The number of aryl methyl sites for hydroxylation is 1. The van der Waals surface area contributed by atoms with Crippen LogP contribution in [0, 0.1) is 6.92 Å². The van der Waals surface area contributed by atoms with E-state index in [1.54, 1.807) is 17.4 Å². The molecule has 0 radical (unpaired) electrons. The van der Waals surface area contributed by atoms with Gasteiger partial charge in [-0.2, -0.15) is 0 Å². The fourth-order valence-corrected chi connectivity index (χ4v) is 3.88. The van der Waals surface area contributed by atoms with Gasteiger partial charge in [0, 0.05) is 20.7 Å². The summed E-state index contributed by atoms with van der Waals surface area (Å²) in [6.45, 7) is 11.5. The minimum atomic E-state index is -0.577. The quantitative estimate of drug-likeness (QED) is 0.837. The zero-order chi connectivity index (χ0) is 18.2. The van der Waals surface area contributed by atoms with Crippen molar-refractivity contribution in [1.82, 2.24) is 0 Å². The van der Waals surface area contributed by atoms with Crippen molar-refractivity contribution in [1.29, 1.82) is 0 Å². The zero-order valence-corrected chi connectivity index (χ0v) is 15.8. The predicted octanol–water partition coefficient (Wildman–Crippen LogP) is 4.78. The Balaban J connectivity index is 2.54. The molecule has 2 rings (SSSR count). The van der Waals surface area contributed by atoms with Gasteiger partial charge < -0.3 is 10.5 Å². The summed E-state index contributed by atoms with van der Waals surface area (Å²) in [6.07, 6.45) is -0.524. The predicted molar refractivity (Wildman–Crippen MR) is 99.0 cm³/mol. The molecule has 0 aliphatic heterocycles. The number of carbonyl (C=O) groups excluding carboxylic acids is 2. The van der Waals surface area contributed by atoms with Crippen LogP contribution in [0.15, 0.2) is 12.1 Å². The van der Waals surface area contributed by atoms with Crippen LogP contribution in [0.3, 0.4) is 0 Å². The Morgan fingerprint density at radius 3 is 2.38 bits per heavy atom. The number of ether oxygens (including phenoxy) is 1. The molecule has 0 unspecified atom stereocenters. The van der Waals surface area contributed by atoms with E-state index in [1.807, 2.05) is 33.8 Å². The molecule has 1 aromatic carbocycles. The van der Waals surface area contributed by atoms with Crippen molar-refractivity contribution in [2.75, 3.05) is 5.32 Å². The van der Waals surface area contributed by atoms with E-state index in [0.29, 0.717) is 11.3 Å². The topological polar surface area (TPSA) is 81.4 Å². The van der Waals surface area contributed by atoms with Gasteiger partial charge in [0.1, 0.15) is 5.60 Å². The molecule has 0 aliphatic rings. The second-order valence-corrected chi connectivity index (χ2v) is 8.35. The number of amides is 2. The molecule has 1 heterocycles. The second-order valence-electron chi connectivity index (χ2n) is 7.12. The van der Waals surface area contributed by atoms with Crippen molar-refractivity contribution >= 4 is 39.1 Å². The Kier molecular flexibility index (Phi) is 4.90. The lowest BCUT2D eigenvalue weighted by Crippen LogP contribution is -2.27. The van der Waals surface area contributed by atoms with E-state index in [4.69, 9.17) is 10.5 Å². The van der Waals surface area contributed by atoms with Crippen molar-refractivity contribution in [3.63, 3.8) is 0 Å². The van der Waals surface area contributed by atoms with Gasteiger partial charge in [-0.3, -0.25) is 10.1 Å². The van der Waals surface area contributed by atoms with E-state index in [-0.39, 0.29) is 5.92 Å². The highest BCUT2D eigenvalue weighted by Crippen LogP contribution is 2.38. The molecule has 0 fully saturated rings. The molecule has 5 nitrogen and oxygen atoms in total. The first-order valence-corrected chi connectivity index (χ1v) is 8.68. The molecule has 24 heavy (non-hydrogen) atoms. The van der Waals surface area contributed by atoms with Gasteiger partial charge in [0.2, 0.25) is 5.91 Å². The van der Waals surface area contributed by atoms with Crippen LogP contribution in [0.1, 0.15) is 61.3 Å². The lowest BCUT2D eigenvalue weighted by molar-refractivity contribution is 0.0635. The first kappa shape index (κ1) is 18.3. The van der Waals surface area contributed by atoms with E-state index >= 15 is 0 Å². The summed E-state index contributed by atoms with van der Waals surface area (Å²) in [7, 11) is 0. The van der Waals surface area contributed by atoms with E-state index in [1.165, 1.54) is 0 Å². The fourth-order valence-electron chi connectivity index (χ4n) is 2.57. The summed E-state index contributed by atoms with van der Waals surface area (Å²) >= 11 is 1.55. The van der Waals surface area contributed by atoms with Gasteiger partial charge in [-0.1, -0.05) is 13.8 Å². The molecule has 0 saturated carbocycles. The minimum Gasteiger partial charge on any atom is -0.444 e. The molecule has 0 atom stereocenters. The molecule has 2 amide bonds. The summed E-state index contributed by atoms with van der Waals surface area (Å²) < 4.78 is 6.33. The number of thiophene rings is 1. The standard InChI is InChI=1S/C18H24N2O3S/c1-9(2)12-7-11(20-17(22)23-18(4,5)6)8-13-14(16(19)21)10(3)24-15(12)13/h7-9H,1-6H3,(H2,19,21)(H,20,22). The highest BCUT2D eigenvalue weighted by molar-refractivity contribution is 7.19. The van der Waals surface area contributed by atoms with Gasteiger partial charge in [-0.15, -0.1) is 11.3 Å². The average Bonchev–Trinajstić information content (AvgIpc) is 2.70. The fraction of sp³-hybridized carbons (Fsp3) is 0.444. The van der Waals surface area contributed by atoms with Crippen LogP contribution >= 0.6 is 11.3 Å². The number of primary amides is 1. The maximum atomic E-state index is 12.0. The third kappa shape index (κ3) is 3.87. The van der Waals surface area contributed by atoms with Gasteiger partial charge in [-0.05, 0) is 51.3 Å². The van der Waals surface area contributed by atoms with Crippen molar-refractivity contribution in [3.8, 4) is 0 Å². The maximum absolute atomic E-state index is 12.0. The third-order valence-electron chi connectivity index (χ3n) is 3.51. The SMILES string of the molecule is Cc1sc2c(C(C)C)cc(NC(=O)OC(C)(C)C)cc2c1C(N)=O. The average molecular weight is 348 g/mol. The zero-order valence-electron chi connectivity index (χ0n) is 14.9. The van der Waals surface area contributed by atoms with Crippen LogP contribution in [-0.4, -0.2) is 17.6 Å². The third-order valence-corrected chi connectivity index (χ3v) is 4.68. The van der Waals surface area contributed by atoms with Crippen molar-refractivity contribution in [3.05, 3.63) is 28.1 Å². The van der Waals surface area contributed by atoms with Gasteiger partial charge in [0.15, 0.2) is 0 Å². The largest absolute Gasteiger partial charge is 0.444 e. The number of nitrogens with one attached hydrogen (secondary N) is 1. The van der Waals surface area contributed by atoms with E-state index in [9.17, 15) is 9.59 Å². The molecule has 0 saturated heterocycles. The van der Waals surface area contributed by atoms with Crippen LogP contribution < -0.4 is 11.1 Å². The van der Waals surface area contributed by atoms with Crippen LogP contribution in [0.2, 0.25) is 0 Å². The molecule has 1 aromatic heterocycles. The number of carbonyl (C=O) groups is 2. The first-order chi connectivity index (χ1) is 11.0. The molecule has 130 valence electrons. The van der Waals surface area contributed by atoms with Crippen molar-refractivity contribution in [2.45, 2.75) is 53.1 Å². The first-order valence-electron chi connectivity index (χ1n) is 7.86. The summed E-state index contributed by atoms with van der Waals surface area (Å²) in [5.41, 5.74) is 7.15. The molecular formula is C18H24N2O3S. The Morgan fingerprint density at radius 2 is 1.88 bits per heavy atom. The smallest absolute Gasteiger partial charge is 0.412 e. The Morgan fingerprint density at radius 1 is 1.25 bits per heavy atom. The second kappa shape index (κ2) is 6.43. The number of hydrogen-bond donors (Lipinski definition) is 2. The van der Waals surface area contributed by atoms with E-state index in [2.05, 4.69) is 19.2 Å². The number of nitrogens with two attached hydrogens (primary N) is 1. The van der Waals surface area contributed by atoms with Gasteiger partial charge >= 0.3 is 6.09 Å². The summed E-state index contributed by atoms with van der Waals surface area (Å²) in [5.74, 6) is -0.213. The van der Waals surface area contributed by atoms with E-state index < -0.39 is 17.6 Å². The molecular weight excluding hydrogens is 324 g/mol. The van der Waals surface area contributed by atoms with Crippen molar-refractivity contribution in [2.24, 2.45) is 5.73 Å². The van der Waals surface area contributed by atoms with Gasteiger partial charge in [0.05, 0.1) is 5.56 Å². The maximum Gasteiger partial charge on any atom is 0.412 e. The lowest BCUT2D eigenvalue weighted by Gasteiger charge is -2.20. The molecule has 2 aromatic rings. The molecule has 0 aliphatic carbocycles. The summed E-state index contributed by atoms with van der Waals surface area (Å²) in [5, 5.41) is 3.53. The van der Waals surface area contributed by atoms with Crippen LogP contribution in [0.4, 0.5) is 10.5 Å². The number of fused-ring (bicyclic) bond motifs is 1. The number of hydrogen-bond acceptors (Lipinski definition) is 4.